The van der Waals surface area contributed by atoms with E-state index in [0.29, 0.717) is 25.0 Å². The van der Waals surface area contributed by atoms with Gasteiger partial charge >= 0.3 is 0 Å². The number of methoxy groups -OCH3 is 2. The number of fused-ring (bicyclic) bond motifs is 1. The molecule has 0 aliphatic rings. The fourth-order valence-corrected chi connectivity index (χ4v) is 4.68. The monoisotopic (exact) mass is 429 g/mol. The molecule has 3 aromatic rings. The van der Waals surface area contributed by atoms with E-state index in [2.05, 4.69) is 24.8 Å². The first-order valence-electron chi connectivity index (χ1n) is 10.4. The maximum Gasteiger partial charge on any atom is 0.262 e. The fraction of sp³-hybridized carbons (Fsp3) is 0.478. The normalized spacial score (nSPS) is 11.5. The van der Waals surface area contributed by atoms with Crippen molar-refractivity contribution in [2.75, 3.05) is 40.5 Å². The maximum atomic E-state index is 13.6. The van der Waals surface area contributed by atoms with Crippen LogP contribution in [0.1, 0.15) is 25.2 Å². The van der Waals surface area contributed by atoms with Crippen LogP contribution >= 0.6 is 11.3 Å². The smallest absolute Gasteiger partial charge is 0.262 e. The highest BCUT2D eigenvalue weighted by Gasteiger charge is 2.18. The topological polar surface area (TPSA) is 56.6 Å². The molecule has 1 aromatic carbocycles. The van der Waals surface area contributed by atoms with E-state index in [9.17, 15) is 4.79 Å². The van der Waals surface area contributed by atoms with Crippen LogP contribution in [0.4, 0.5) is 0 Å². The molecule has 0 radical (unpaired) electrons. The standard InChI is InChI=1S/C23H31N3O3S/c1-6-25(7-2)11-12-26-20(10-13-28-4)24-22-21(23(26)27)18(15-30-22)17-8-9-19(29-5)16(3)14-17/h8-9,14-15H,6-7,10-13H2,1-5H3. The number of hydrogen-bond donors (Lipinski definition) is 0. The summed E-state index contributed by atoms with van der Waals surface area (Å²) in [5.74, 6) is 1.63. The van der Waals surface area contributed by atoms with Gasteiger partial charge in [0.2, 0.25) is 0 Å². The Bertz CT molecular complexity index is 1050. The van der Waals surface area contributed by atoms with Gasteiger partial charge in [0.25, 0.3) is 5.56 Å². The van der Waals surface area contributed by atoms with Gasteiger partial charge in [-0.2, -0.15) is 0 Å². The summed E-state index contributed by atoms with van der Waals surface area (Å²) in [5.41, 5.74) is 3.02. The number of thiophene rings is 1. The molecular weight excluding hydrogens is 398 g/mol. The average Bonchev–Trinajstić information content (AvgIpc) is 3.18. The van der Waals surface area contributed by atoms with Crippen molar-refractivity contribution in [1.82, 2.24) is 14.5 Å². The summed E-state index contributed by atoms with van der Waals surface area (Å²) in [5, 5.41) is 2.74. The molecular formula is C23H31N3O3S. The van der Waals surface area contributed by atoms with Gasteiger partial charge in [-0.3, -0.25) is 9.36 Å². The lowest BCUT2D eigenvalue weighted by atomic mass is 10.0. The molecule has 6 nitrogen and oxygen atoms in total. The largest absolute Gasteiger partial charge is 0.496 e. The van der Waals surface area contributed by atoms with Crippen molar-refractivity contribution < 1.29 is 9.47 Å². The molecule has 0 amide bonds. The van der Waals surface area contributed by atoms with E-state index in [1.165, 1.54) is 11.3 Å². The Hall–Kier alpha value is -2.22. The number of rotatable bonds is 10. The number of aromatic nitrogens is 2. The quantitative estimate of drug-likeness (QED) is 0.488. The van der Waals surface area contributed by atoms with Crippen LogP contribution < -0.4 is 10.3 Å². The first kappa shape index (κ1) is 22.5. The molecule has 0 fully saturated rings. The predicted octanol–water partition coefficient (Wildman–Crippen LogP) is 3.97. The highest BCUT2D eigenvalue weighted by Crippen LogP contribution is 2.33. The molecule has 162 valence electrons. The van der Waals surface area contributed by atoms with E-state index in [-0.39, 0.29) is 5.56 Å². The number of benzene rings is 1. The average molecular weight is 430 g/mol. The van der Waals surface area contributed by atoms with E-state index in [1.807, 2.05) is 29.0 Å². The van der Waals surface area contributed by atoms with E-state index >= 15 is 0 Å². The van der Waals surface area contributed by atoms with Gasteiger partial charge in [-0.15, -0.1) is 11.3 Å². The second-order valence-corrected chi connectivity index (χ2v) is 8.13. The molecule has 2 aromatic heterocycles. The van der Waals surface area contributed by atoms with E-state index in [1.54, 1.807) is 14.2 Å². The number of ether oxygens (including phenoxy) is 2. The molecule has 0 bridgehead atoms. The van der Waals surface area contributed by atoms with Crippen LogP contribution in [-0.4, -0.2) is 54.9 Å². The third-order valence-electron chi connectivity index (χ3n) is 5.54. The van der Waals surface area contributed by atoms with Crippen LogP contribution in [0.15, 0.2) is 28.4 Å². The van der Waals surface area contributed by atoms with Crippen molar-refractivity contribution in [3.63, 3.8) is 0 Å². The molecule has 7 heteroatoms. The maximum absolute atomic E-state index is 13.6. The minimum absolute atomic E-state index is 0.0305. The lowest BCUT2D eigenvalue weighted by molar-refractivity contribution is 0.198. The molecule has 0 N–H and O–H groups in total. The first-order valence-corrected chi connectivity index (χ1v) is 11.3. The molecule has 30 heavy (non-hydrogen) atoms. The molecule has 0 aliphatic carbocycles. The highest BCUT2D eigenvalue weighted by atomic mass is 32.1. The molecule has 0 aliphatic heterocycles. The van der Waals surface area contributed by atoms with Gasteiger partial charge in [0.15, 0.2) is 0 Å². The van der Waals surface area contributed by atoms with Crippen LogP contribution in [0.5, 0.6) is 5.75 Å². The molecule has 0 spiro atoms. The summed E-state index contributed by atoms with van der Waals surface area (Å²) in [7, 11) is 3.34. The van der Waals surface area contributed by atoms with Crippen molar-refractivity contribution in [2.45, 2.75) is 33.7 Å². The molecule has 0 saturated heterocycles. The Morgan fingerprint density at radius 2 is 1.97 bits per heavy atom. The summed E-state index contributed by atoms with van der Waals surface area (Å²) in [6.07, 6.45) is 0.620. The minimum Gasteiger partial charge on any atom is -0.496 e. The van der Waals surface area contributed by atoms with Crippen LogP contribution in [0.3, 0.4) is 0 Å². The van der Waals surface area contributed by atoms with Crippen LogP contribution in [0, 0.1) is 6.92 Å². The third-order valence-corrected chi connectivity index (χ3v) is 6.41. The van der Waals surface area contributed by atoms with Crippen LogP contribution in [0.25, 0.3) is 21.3 Å². The number of nitrogens with zero attached hydrogens (tertiary/aromatic N) is 3. The Kier molecular flexibility index (Phi) is 7.64. The Morgan fingerprint density at radius 1 is 1.20 bits per heavy atom. The molecule has 0 atom stereocenters. The Morgan fingerprint density at radius 3 is 2.60 bits per heavy atom. The van der Waals surface area contributed by atoms with Gasteiger partial charge in [0.05, 0.1) is 19.1 Å². The summed E-state index contributed by atoms with van der Waals surface area (Å²) in [4.78, 5) is 21.6. The highest BCUT2D eigenvalue weighted by molar-refractivity contribution is 7.17. The van der Waals surface area contributed by atoms with Crippen molar-refractivity contribution in [3.8, 4) is 16.9 Å². The van der Waals surface area contributed by atoms with Gasteiger partial charge in [-0.25, -0.2) is 4.98 Å². The zero-order valence-electron chi connectivity index (χ0n) is 18.5. The summed E-state index contributed by atoms with van der Waals surface area (Å²) in [6, 6.07) is 6.03. The van der Waals surface area contributed by atoms with Gasteiger partial charge in [0, 0.05) is 37.6 Å². The van der Waals surface area contributed by atoms with Crippen LogP contribution in [-0.2, 0) is 17.7 Å². The predicted molar refractivity (Wildman–Crippen MR) is 124 cm³/mol. The van der Waals surface area contributed by atoms with Crippen LogP contribution in [0.2, 0.25) is 0 Å². The van der Waals surface area contributed by atoms with Crippen molar-refractivity contribution in [2.24, 2.45) is 0 Å². The number of aryl methyl sites for hydroxylation is 1. The van der Waals surface area contributed by atoms with E-state index in [4.69, 9.17) is 14.5 Å². The van der Waals surface area contributed by atoms with E-state index in [0.717, 1.165) is 52.7 Å². The molecule has 3 rings (SSSR count). The molecule has 0 saturated carbocycles. The third kappa shape index (κ3) is 4.58. The van der Waals surface area contributed by atoms with Gasteiger partial charge in [0.1, 0.15) is 16.4 Å². The minimum atomic E-state index is 0.0305. The van der Waals surface area contributed by atoms with Gasteiger partial charge < -0.3 is 14.4 Å². The lowest BCUT2D eigenvalue weighted by Crippen LogP contribution is -2.33. The van der Waals surface area contributed by atoms with Crippen molar-refractivity contribution in [1.29, 1.82) is 0 Å². The first-order chi connectivity index (χ1) is 14.5. The summed E-state index contributed by atoms with van der Waals surface area (Å²) < 4.78 is 12.5. The Balaban J connectivity index is 2.10. The number of likely N-dealkylation sites (N-methyl/N-ethyl adjacent to an activating group) is 1. The summed E-state index contributed by atoms with van der Waals surface area (Å²) in [6.45, 7) is 10.2. The second-order valence-electron chi connectivity index (χ2n) is 7.27. The SMILES string of the molecule is CCN(CC)CCn1c(CCOC)nc2scc(-c3ccc(OC)c(C)c3)c2c1=O. The molecule has 2 heterocycles. The lowest BCUT2D eigenvalue weighted by Gasteiger charge is -2.20. The van der Waals surface area contributed by atoms with Crippen molar-refractivity contribution >= 4 is 21.6 Å². The summed E-state index contributed by atoms with van der Waals surface area (Å²) >= 11 is 1.52. The zero-order valence-corrected chi connectivity index (χ0v) is 19.3. The fourth-order valence-electron chi connectivity index (χ4n) is 3.72. The van der Waals surface area contributed by atoms with E-state index < -0.39 is 0 Å². The Labute approximate surface area is 182 Å². The zero-order chi connectivity index (χ0) is 21.7. The second kappa shape index (κ2) is 10.2. The van der Waals surface area contributed by atoms with Crippen molar-refractivity contribution in [3.05, 3.63) is 45.3 Å². The molecule has 0 unspecified atom stereocenters. The van der Waals surface area contributed by atoms with Gasteiger partial charge in [-0.05, 0) is 43.3 Å². The van der Waals surface area contributed by atoms with Gasteiger partial charge in [-0.1, -0.05) is 19.9 Å². The number of hydrogen-bond acceptors (Lipinski definition) is 6.